The molecule has 12 heteroatoms. The smallest absolute Gasteiger partial charge is 0.408 e. The molecule has 0 aliphatic heterocycles. The molecule has 0 bridgehead atoms. The average Bonchev–Trinajstić information content (AvgIpc) is 2.95. The summed E-state index contributed by atoms with van der Waals surface area (Å²) in [6.07, 6.45) is -0.800. The molecule has 2 unspecified atom stereocenters. The number of methoxy groups -OCH3 is 2. The van der Waals surface area contributed by atoms with E-state index in [1.807, 2.05) is 60.7 Å². The Kier molecular flexibility index (Phi) is 14.6. The Morgan fingerprint density at radius 3 is 1.37 bits per heavy atom. The molecule has 0 heterocycles. The van der Waals surface area contributed by atoms with Gasteiger partial charge in [0.25, 0.3) is 0 Å². The lowest BCUT2D eigenvalue weighted by Gasteiger charge is -2.17. The molecule has 206 valence electrons. The fourth-order valence-electron chi connectivity index (χ4n) is 3.05. The van der Waals surface area contributed by atoms with Crippen LogP contribution in [0.5, 0.6) is 0 Å². The summed E-state index contributed by atoms with van der Waals surface area (Å²) in [5.41, 5.74) is 1.65. The third-order valence-electron chi connectivity index (χ3n) is 5.04. The number of hydrogen-bond acceptors (Lipinski definition) is 10. The minimum Gasteiger partial charge on any atom is -0.467 e. The van der Waals surface area contributed by atoms with Crippen LogP contribution in [-0.2, 0) is 41.8 Å². The first kappa shape index (κ1) is 30.8. The van der Waals surface area contributed by atoms with Crippen LogP contribution in [-0.4, -0.2) is 61.9 Å². The summed E-state index contributed by atoms with van der Waals surface area (Å²) in [6.45, 7) is 0.167. The van der Waals surface area contributed by atoms with Crippen molar-refractivity contribution in [3.8, 4) is 0 Å². The molecule has 0 spiro atoms. The van der Waals surface area contributed by atoms with Crippen molar-refractivity contribution in [3.05, 3.63) is 71.8 Å². The van der Waals surface area contributed by atoms with Crippen molar-refractivity contribution in [2.45, 2.75) is 38.1 Å². The fourth-order valence-corrected chi connectivity index (χ4v) is 5.23. The number of esters is 2. The van der Waals surface area contributed by atoms with Crippen LogP contribution in [0.3, 0.4) is 0 Å². The van der Waals surface area contributed by atoms with E-state index in [-0.39, 0.29) is 13.2 Å². The second-order valence-corrected chi connectivity index (χ2v) is 10.5. The second kappa shape index (κ2) is 18.0. The maximum absolute atomic E-state index is 12.1. The van der Waals surface area contributed by atoms with Crippen molar-refractivity contribution in [2.75, 3.05) is 25.7 Å². The van der Waals surface area contributed by atoms with E-state index in [9.17, 15) is 19.2 Å². The van der Waals surface area contributed by atoms with Crippen LogP contribution in [0.15, 0.2) is 60.7 Å². The van der Waals surface area contributed by atoms with Gasteiger partial charge >= 0.3 is 24.1 Å². The Labute approximate surface area is 229 Å². The summed E-state index contributed by atoms with van der Waals surface area (Å²) in [5, 5.41) is 5.07. The van der Waals surface area contributed by atoms with Gasteiger partial charge in [-0.25, -0.2) is 19.2 Å². The molecule has 0 fully saturated rings. The summed E-state index contributed by atoms with van der Waals surface area (Å²) in [4.78, 5) is 48.4. The quantitative estimate of drug-likeness (QED) is 0.141. The van der Waals surface area contributed by atoms with Crippen LogP contribution in [0, 0.1) is 0 Å². The zero-order valence-corrected chi connectivity index (χ0v) is 22.9. The van der Waals surface area contributed by atoms with Gasteiger partial charge in [-0.2, -0.15) is 0 Å². The van der Waals surface area contributed by atoms with Crippen LogP contribution < -0.4 is 10.6 Å². The highest BCUT2D eigenvalue weighted by molar-refractivity contribution is 8.76. The maximum Gasteiger partial charge on any atom is 0.408 e. The number of carbonyl (C=O) groups is 4. The van der Waals surface area contributed by atoms with Crippen LogP contribution in [0.4, 0.5) is 9.59 Å². The second-order valence-electron chi connectivity index (χ2n) is 7.78. The molecule has 2 aromatic carbocycles. The normalized spacial score (nSPS) is 11.9. The molecule has 0 aliphatic carbocycles. The summed E-state index contributed by atoms with van der Waals surface area (Å²) < 4.78 is 19.9. The molecule has 2 aromatic rings. The van der Waals surface area contributed by atoms with Gasteiger partial charge in [-0.3, -0.25) is 0 Å². The molecule has 0 saturated carbocycles. The zero-order chi connectivity index (χ0) is 27.6. The van der Waals surface area contributed by atoms with E-state index >= 15 is 0 Å². The minimum atomic E-state index is -0.861. The van der Waals surface area contributed by atoms with Crippen LogP contribution in [0.1, 0.15) is 24.0 Å². The number of ether oxygens (including phenoxy) is 4. The van der Waals surface area contributed by atoms with Gasteiger partial charge in [0.15, 0.2) is 0 Å². The lowest BCUT2D eigenvalue weighted by molar-refractivity contribution is -0.143. The van der Waals surface area contributed by atoms with Gasteiger partial charge < -0.3 is 29.6 Å². The third kappa shape index (κ3) is 12.2. The SMILES string of the molecule is COC(=O)C(CCSSCCC(NC(=O)OCc1ccccc1)C(=O)OC)NC(=O)OCc1ccccc1. The number of alkyl carbamates (subject to hydrolysis) is 2. The molecule has 0 aliphatic rings. The van der Waals surface area contributed by atoms with Gasteiger partial charge in [0.1, 0.15) is 25.3 Å². The van der Waals surface area contributed by atoms with E-state index in [0.29, 0.717) is 24.3 Å². The van der Waals surface area contributed by atoms with E-state index in [1.54, 1.807) is 0 Å². The molecule has 0 saturated heterocycles. The Balaban J connectivity index is 1.69. The van der Waals surface area contributed by atoms with Crippen LogP contribution in [0.25, 0.3) is 0 Å². The van der Waals surface area contributed by atoms with Crippen molar-refractivity contribution >= 4 is 45.7 Å². The minimum absolute atomic E-state index is 0.0837. The van der Waals surface area contributed by atoms with Crippen LogP contribution in [0.2, 0.25) is 0 Å². The predicted octanol–water partition coefficient (Wildman–Crippen LogP) is 4.08. The first-order valence-electron chi connectivity index (χ1n) is 11.8. The number of carbonyl (C=O) groups excluding carboxylic acids is 4. The van der Waals surface area contributed by atoms with Gasteiger partial charge in [-0.15, -0.1) is 0 Å². The lowest BCUT2D eigenvalue weighted by atomic mass is 10.2. The molecule has 2 rings (SSSR count). The summed E-state index contributed by atoms with van der Waals surface area (Å²) in [5.74, 6) is -0.120. The number of benzene rings is 2. The summed E-state index contributed by atoms with van der Waals surface area (Å²) in [6, 6.07) is 16.7. The van der Waals surface area contributed by atoms with Crippen LogP contribution >= 0.6 is 21.6 Å². The number of nitrogens with one attached hydrogen (secondary N) is 2. The first-order valence-corrected chi connectivity index (χ1v) is 14.3. The van der Waals surface area contributed by atoms with Gasteiger partial charge in [0, 0.05) is 11.5 Å². The van der Waals surface area contributed by atoms with Gasteiger partial charge in [0.05, 0.1) is 14.2 Å². The van der Waals surface area contributed by atoms with E-state index in [2.05, 4.69) is 10.6 Å². The molecule has 10 nitrogen and oxygen atoms in total. The topological polar surface area (TPSA) is 129 Å². The lowest BCUT2D eigenvalue weighted by Crippen LogP contribution is -2.42. The molecule has 2 N–H and O–H groups in total. The van der Waals surface area contributed by atoms with E-state index in [4.69, 9.17) is 18.9 Å². The molecular weight excluding hydrogens is 532 g/mol. The first-order chi connectivity index (χ1) is 18.4. The highest BCUT2D eigenvalue weighted by Gasteiger charge is 2.23. The monoisotopic (exact) mass is 564 g/mol. The Hall–Kier alpha value is -3.38. The van der Waals surface area contributed by atoms with Crippen molar-refractivity contribution in [1.29, 1.82) is 0 Å². The molecule has 2 atom stereocenters. The van der Waals surface area contributed by atoms with Crippen molar-refractivity contribution in [1.82, 2.24) is 10.6 Å². The van der Waals surface area contributed by atoms with Crippen molar-refractivity contribution < 1.29 is 38.1 Å². The third-order valence-corrected chi connectivity index (χ3v) is 7.52. The number of hydrogen-bond donors (Lipinski definition) is 2. The molecular formula is C26H32N2O8S2. The molecule has 0 radical (unpaired) electrons. The summed E-state index contributed by atoms with van der Waals surface area (Å²) >= 11 is 0. The number of amides is 2. The fraction of sp³-hybridized carbons (Fsp3) is 0.385. The number of rotatable bonds is 15. The van der Waals surface area contributed by atoms with Gasteiger partial charge in [0.2, 0.25) is 0 Å². The van der Waals surface area contributed by atoms with E-state index < -0.39 is 36.2 Å². The summed E-state index contributed by atoms with van der Waals surface area (Å²) in [7, 11) is 5.41. The highest BCUT2D eigenvalue weighted by atomic mass is 33.1. The Morgan fingerprint density at radius 2 is 1.03 bits per heavy atom. The highest BCUT2D eigenvalue weighted by Crippen LogP contribution is 2.24. The van der Waals surface area contributed by atoms with E-state index in [1.165, 1.54) is 35.8 Å². The molecule has 0 aromatic heterocycles. The van der Waals surface area contributed by atoms with Crippen molar-refractivity contribution in [3.63, 3.8) is 0 Å². The molecule has 2 amide bonds. The van der Waals surface area contributed by atoms with Crippen molar-refractivity contribution in [2.24, 2.45) is 0 Å². The average molecular weight is 565 g/mol. The predicted molar refractivity (Wildman–Crippen MR) is 145 cm³/mol. The zero-order valence-electron chi connectivity index (χ0n) is 21.3. The largest absolute Gasteiger partial charge is 0.467 e. The Morgan fingerprint density at radius 1 is 0.658 bits per heavy atom. The van der Waals surface area contributed by atoms with Gasteiger partial charge in [-0.05, 0) is 24.0 Å². The standard InChI is InChI=1S/C26H32N2O8S2/c1-33-23(29)21(27-25(31)35-17-19-9-5-3-6-10-19)13-15-37-38-16-14-22(24(30)34-2)28-26(32)36-18-20-11-7-4-8-12-20/h3-12,21-22H,13-18H2,1-2H3,(H,27,31)(H,28,32). The van der Waals surface area contributed by atoms with E-state index in [0.717, 1.165) is 11.1 Å². The van der Waals surface area contributed by atoms with Gasteiger partial charge in [-0.1, -0.05) is 82.3 Å². The molecule has 38 heavy (non-hydrogen) atoms. The Bertz CT molecular complexity index is 929. The maximum atomic E-state index is 12.1.